The van der Waals surface area contributed by atoms with Gasteiger partial charge in [0.05, 0.1) is 15.6 Å². The van der Waals surface area contributed by atoms with Crippen molar-refractivity contribution in [2.45, 2.75) is 6.92 Å². The second kappa shape index (κ2) is 3.05. The number of hydrogen-bond acceptors (Lipinski definition) is 5. The molecule has 0 aliphatic carbocycles. The number of hydrogen-bond donors (Lipinski definition) is 1. The normalized spacial score (nSPS) is 11.3. The van der Waals surface area contributed by atoms with Gasteiger partial charge in [-0.3, -0.25) is 4.79 Å². The predicted molar refractivity (Wildman–Crippen MR) is 64.8 cm³/mol. The summed E-state index contributed by atoms with van der Waals surface area (Å²) in [6.45, 7) is 1.76. The molecule has 1 aromatic carbocycles. The fraction of sp³-hybridized carbons (Fsp3) is 0.0909. The zero-order valence-corrected chi connectivity index (χ0v) is 9.30. The van der Waals surface area contributed by atoms with E-state index in [1.165, 1.54) is 17.4 Å². The Morgan fingerprint density at radius 2 is 2.25 bits per heavy atom. The van der Waals surface area contributed by atoms with Crippen molar-refractivity contribution in [2.24, 2.45) is 0 Å². The molecule has 2 heterocycles. The second-order valence-electron chi connectivity index (χ2n) is 3.56. The molecule has 0 atom stereocenters. The van der Waals surface area contributed by atoms with Gasteiger partial charge in [0, 0.05) is 6.07 Å². The fourth-order valence-electron chi connectivity index (χ4n) is 1.77. The SMILES string of the molecule is Cc1cc(=O)c2c(ccc3nc(N)sc32)o1. The molecular weight excluding hydrogens is 224 g/mol. The Morgan fingerprint density at radius 3 is 3.06 bits per heavy atom. The number of nitrogens with two attached hydrogens (primary N) is 1. The topological polar surface area (TPSA) is 69.1 Å². The van der Waals surface area contributed by atoms with Crippen molar-refractivity contribution in [3.63, 3.8) is 0 Å². The summed E-state index contributed by atoms with van der Waals surface area (Å²) in [6.07, 6.45) is 0. The van der Waals surface area contributed by atoms with Gasteiger partial charge >= 0.3 is 0 Å². The fourth-order valence-corrected chi connectivity index (χ4v) is 2.64. The minimum Gasteiger partial charge on any atom is -0.461 e. The summed E-state index contributed by atoms with van der Waals surface area (Å²) in [4.78, 5) is 16.0. The van der Waals surface area contributed by atoms with Crippen LogP contribution in [0.4, 0.5) is 5.13 Å². The number of aromatic nitrogens is 1. The van der Waals surface area contributed by atoms with E-state index in [-0.39, 0.29) is 5.43 Å². The third-order valence-electron chi connectivity index (χ3n) is 2.39. The number of benzene rings is 1. The van der Waals surface area contributed by atoms with Crippen LogP contribution in [-0.4, -0.2) is 4.98 Å². The smallest absolute Gasteiger partial charge is 0.194 e. The summed E-state index contributed by atoms with van der Waals surface area (Å²) >= 11 is 1.31. The van der Waals surface area contributed by atoms with Gasteiger partial charge in [0.2, 0.25) is 0 Å². The Balaban J connectivity index is 2.64. The molecule has 3 aromatic rings. The zero-order chi connectivity index (χ0) is 11.3. The number of fused-ring (bicyclic) bond motifs is 3. The first-order valence-corrected chi connectivity index (χ1v) is 5.56. The van der Waals surface area contributed by atoms with E-state index in [9.17, 15) is 4.79 Å². The van der Waals surface area contributed by atoms with Crippen LogP contribution in [-0.2, 0) is 0 Å². The first-order valence-electron chi connectivity index (χ1n) is 4.74. The molecule has 4 nitrogen and oxygen atoms in total. The van der Waals surface area contributed by atoms with Gasteiger partial charge in [-0.2, -0.15) is 0 Å². The molecule has 3 rings (SSSR count). The second-order valence-corrected chi connectivity index (χ2v) is 4.59. The molecule has 0 aliphatic heterocycles. The molecule has 0 spiro atoms. The largest absolute Gasteiger partial charge is 0.461 e. The van der Waals surface area contributed by atoms with E-state index in [1.54, 1.807) is 13.0 Å². The zero-order valence-electron chi connectivity index (χ0n) is 8.48. The minimum atomic E-state index is -0.0481. The van der Waals surface area contributed by atoms with Crippen molar-refractivity contribution >= 4 is 37.7 Å². The van der Waals surface area contributed by atoms with Crippen molar-refractivity contribution in [1.29, 1.82) is 0 Å². The molecular formula is C11H8N2O2S. The predicted octanol–water partition coefficient (Wildman–Crippen LogP) is 2.29. The van der Waals surface area contributed by atoms with Crippen molar-refractivity contribution in [2.75, 3.05) is 5.73 Å². The Morgan fingerprint density at radius 1 is 1.44 bits per heavy atom. The first kappa shape index (κ1) is 9.35. The van der Waals surface area contributed by atoms with E-state index in [0.717, 1.165) is 10.2 Å². The van der Waals surface area contributed by atoms with Gasteiger partial charge in [-0.15, -0.1) is 0 Å². The summed E-state index contributed by atoms with van der Waals surface area (Å²) < 4.78 is 6.29. The summed E-state index contributed by atoms with van der Waals surface area (Å²) in [5, 5.41) is 1.03. The Bertz CT molecular complexity index is 758. The Hall–Kier alpha value is -1.88. The number of aryl methyl sites for hydroxylation is 1. The molecule has 0 fully saturated rings. The molecule has 0 aliphatic rings. The van der Waals surface area contributed by atoms with Crippen LogP contribution in [0.15, 0.2) is 27.4 Å². The van der Waals surface area contributed by atoms with Crippen LogP contribution in [0, 0.1) is 6.92 Å². The van der Waals surface area contributed by atoms with Crippen LogP contribution >= 0.6 is 11.3 Å². The Kier molecular flexibility index (Phi) is 1.79. The highest BCUT2D eigenvalue weighted by Gasteiger charge is 2.10. The summed E-state index contributed by atoms with van der Waals surface area (Å²) in [7, 11) is 0. The molecule has 2 aromatic heterocycles. The quantitative estimate of drug-likeness (QED) is 0.645. The number of nitrogen functional groups attached to an aromatic ring is 1. The van der Waals surface area contributed by atoms with E-state index in [0.29, 0.717) is 21.9 Å². The summed E-state index contributed by atoms with van der Waals surface area (Å²) in [6, 6.07) is 5.05. The average molecular weight is 232 g/mol. The monoisotopic (exact) mass is 232 g/mol. The minimum absolute atomic E-state index is 0.0481. The van der Waals surface area contributed by atoms with Crippen LogP contribution in [0.2, 0.25) is 0 Å². The van der Waals surface area contributed by atoms with Crippen molar-refractivity contribution in [3.05, 3.63) is 34.2 Å². The molecule has 0 saturated carbocycles. The highest BCUT2D eigenvalue weighted by atomic mass is 32.1. The van der Waals surface area contributed by atoms with E-state index in [1.807, 2.05) is 6.07 Å². The summed E-state index contributed by atoms with van der Waals surface area (Å²) in [5.41, 5.74) is 6.91. The molecule has 16 heavy (non-hydrogen) atoms. The van der Waals surface area contributed by atoms with Crippen molar-refractivity contribution in [1.82, 2.24) is 4.98 Å². The average Bonchev–Trinajstić information content (AvgIpc) is 2.56. The highest BCUT2D eigenvalue weighted by molar-refractivity contribution is 7.22. The number of anilines is 1. The van der Waals surface area contributed by atoms with Crippen LogP contribution in [0.5, 0.6) is 0 Å². The van der Waals surface area contributed by atoms with Crippen LogP contribution in [0.1, 0.15) is 5.76 Å². The third-order valence-corrected chi connectivity index (χ3v) is 3.31. The lowest BCUT2D eigenvalue weighted by Crippen LogP contribution is -2.00. The van der Waals surface area contributed by atoms with Gasteiger partial charge in [-0.1, -0.05) is 11.3 Å². The Labute approximate surface area is 94.3 Å². The lowest BCUT2D eigenvalue weighted by atomic mass is 10.2. The van der Waals surface area contributed by atoms with Gasteiger partial charge in [0.25, 0.3) is 0 Å². The molecule has 0 unspecified atom stereocenters. The maximum absolute atomic E-state index is 11.9. The van der Waals surface area contributed by atoms with Gasteiger partial charge in [0.1, 0.15) is 11.3 Å². The molecule has 2 N–H and O–H groups in total. The molecule has 0 amide bonds. The van der Waals surface area contributed by atoms with E-state index >= 15 is 0 Å². The molecule has 0 bridgehead atoms. The van der Waals surface area contributed by atoms with Gasteiger partial charge in [-0.25, -0.2) is 4.98 Å². The van der Waals surface area contributed by atoms with Crippen molar-refractivity contribution in [3.8, 4) is 0 Å². The van der Waals surface area contributed by atoms with Crippen LogP contribution in [0.25, 0.3) is 21.2 Å². The third kappa shape index (κ3) is 1.22. The van der Waals surface area contributed by atoms with E-state index in [2.05, 4.69) is 4.98 Å². The molecule has 0 radical (unpaired) electrons. The number of rotatable bonds is 0. The lowest BCUT2D eigenvalue weighted by Gasteiger charge is -1.98. The van der Waals surface area contributed by atoms with Gasteiger partial charge in [-0.05, 0) is 19.1 Å². The maximum atomic E-state index is 11.9. The summed E-state index contributed by atoms with van der Waals surface area (Å²) in [5.74, 6) is 0.606. The van der Waals surface area contributed by atoms with Crippen LogP contribution in [0.3, 0.4) is 0 Å². The van der Waals surface area contributed by atoms with Crippen molar-refractivity contribution < 1.29 is 4.42 Å². The maximum Gasteiger partial charge on any atom is 0.194 e. The standard InChI is InChI=1S/C11H8N2O2S/c1-5-4-7(14)9-8(15-5)3-2-6-10(9)16-11(12)13-6/h2-4H,1H3,(H2,12,13). The molecule has 80 valence electrons. The highest BCUT2D eigenvalue weighted by Crippen LogP contribution is 2.29. The molecule has 0 saturated heterocycles. The lowest BCUT2D eigenvalue weighted by molar-refractivity contribution is 0.565. The number of thiazole rings is 1. The van der Waals surface area contributed by atoms with Crippen LogP contribution < -0.4 is 11.2 Å². The first-order chi connectivity index (χ1) is 7.65. The number of nitrogens with zero attached hydrogens (tertiary/aromatic N) is 1. The van der Waals surface area contributed by atoms with Gasteiger partial charge in [0.15, 0.2) is 10.6 Å². The van der Waals surface area contributed by atoms with Gasteiger partial charge < -0.3 is 10.2 Å². The van der Waals surface area contributed by atoms with E-state index in [4.69, 9.17) is 10.2 Å². The van der Waals surface area contributed by atoms with E-state index < -0.39 is 0 Å². The molecule has 5 heteroatoms.